The van der Waals surface area contributed by atoms with Crippen LogP contribution in [0.4, 0.5) is 0 Å². The van der Waals surface area contributed by atoms with Crippen LogP contribution in [0.1, 0.15) is 30.2 Å². The molecule has 2 aromatic carbocycles. The van der Waals surface area contributed by atoms with Crippen molar-refractivity contribution in [3.8, 4) is 5.75 Å². The minimum Gasteiger partial charge on any atom is -0.489 e. The molecule has 0 saturated carbocycles. The summed E-state index contributed by atoms with van der Waals surface area (Å²) >= 11 is 0. The molecule has 1 aromatic heterocycles. The molecule has 1 atom stereocenters. The van der Waals surface area contributed by atoms with E-state index in [1.54, 1.807) is 7.11 Å². The van der Waals surface area contributed by atoms with Crippen LogP contribution in [0, 0.1) is 18.3 Å². The van der Waals surface area contributed by atoms with E-state index in [0.29, 0.717) is 18.9 Å². The molecule has 1 heterocycles. The minimum atomic E-state index is 0.0778. The van der Waals surface area contributed by atoms with Gasteiger partial charge in [0.2, 0.25) is 0 Å². The second kappa shape index (κ2) is 8.78. The fourth-order valence-electron chi connectivity index (χ4n) is 3.22. The Morgan fingerprint density at radius 2 is 1.89 bits per heavy atom. The van der Waals surface area contributed by atoms with E-state index in [1.165, 1.54) is 0 Å². The van der Waals surface area contributed by atoms with Gasteiger partial charge in [-0.2, -0.15) is 0 Å². The highest BCUT2D eigenvalue weighted by Gasteiger charge is 2.18. The molecule has 0 fully saturated rings. The van der Waals surface area contributed by atoms with Crippen molar-refractivity contribution >= 4 is 16.6 Å². The highest BCUT2D eigenvalue weighted by atomic mass is 16.5. The summed E-state index contributed by atoms with van der Waals surface area (Å²) in [4.78, 5) is 4.66. The molecule has 1 N–H and O–H groups in total. The van der Waals surface area contributed by atoms with Gasteiger partial charge in [0.05, 0.1) is 12.1 Å². The van der Waals surface area contributed by atoms with Crippen LogP contribution in [-0.4, -0.2) is 24.4 Å². The van der Waals surface area contributed by atoms with Gasteiger partial charge < -0.3 is 14.9 Å². The van der Waals surface area contributed by atoms with Gasteiger partial charge in [0.25, 0.3) is 0 Å². The van der Waals surface area contributed by atoms with Crippen molar-refractivity contribution < 1.29 is 9.47 Å². The molecule has 0 amide bonds. The van der Waals surface area contributed by atoms with E-state index >= 15 is 0 Å². The topological polar surface area (TPSA) is 55.2 Å². The smallest absolute Gasteiger partial charge is 0.122 e. The summed E-state index contributed by atoms with van der Waals surface area (Å²) in [6, 6.07) is 18.0. The van der Waals surface area contributed by atoms with Crippen molar-refractivity contribution in [2.24, 2.45) is 5.92 Å². The number of fused-ring (bicyclic) bond motifs is 1. The van der Waals surface area contributed by atoms with Crippen molar-refractivity contribution in [1.82, 2.24) is 4.98 Å². The Hall–Kier alpha value is -2.72. The lowest BCUT2D eigenvalue weighted by molar-refractivity contribution is 0.174. The molecule has 0 saturated heterocycles. The second-order valence-corrected chi connectivity index (χ2v) is 6.74. The Bertz CT molecular complexity index is 922. The number of nitrogens with one attached hydrogen (secondary N) is 1. The molecular formula is C23H26N2O2. The van der Waals surface area contributed by atoms with Gasteiger partial charge in [-0.1, -0.05) is 37.3 Å². The van der Waals surface area contributed by atoms with E-state index in [2.05, 4.69) is 11.9 Å². The maximum atomic E-state index is 8.68. The molecule has 3 aromatic rings. The lowest BCUT2D eigenvalue weighted by atomic mass is 9.92. The summed E-state index contributed by atoms with van der Waals surface area (Å²) in [6.45, 7) is 5.12. The Labute approximate surface area is 160 Å². The molecule has 4 nitrogen and oxygen atoms in total. The SMILES string of the molecule is CC[C@H](COC)C(=N)c1cc(C)nc2cc(OCc3ccccc3)ccc12. The van der Waals surface area contributed by atoms with Crippen molar-refractivity contribution in [1.29, 1.82) is 5.41 Å². The lowest BCUT2D eigenvalue weighted by Crippen LogP contribution is -2.19. The van der Waals surface area contributed by atoms with Crippen molar-refractivity contribution in [3.63, 3.8) is 0 Å². The molecule has 4 heteroatoms. The summed E-state index contributed by atoms with van der Waals surface area (Å²) in [5, 5.41) is 9.66. The Kier molecular flexibility index (Phi) is 6.20. The third kappa shape index (κ3) is 4.52. The van der Waals surface area contributed by atoms with Crippen LogP contribution in [-0.2, 0) is 11.3 Å². The van der Waals surface area contributed by atoms with Gasteiger partial charge in [0, 0.05) is 41.4 Å². The van der Waals surface area contributed by atoms with E-state index in [4.69, 9.17) is 14.9 Å². The van der Waals surface area contributed by atoms with Gasteiger partial charge in [0.1, 0.15) is 12.4 Å². The average molecular weight is 362 g/mol. The molecule has 0 unspecified atom stereocenters. The number of nitrogens with zero attached hydrogens (tertiary/aromatic N) is 1. The zero-order valence-electron chi connectivity index (χ0n) is 16.2. The maximum absolute atomic E-state index is 8.68. The number of aryl methyl sites for hydroxylation is 1. The molecule has 3 rings (SSSR count). The molecule has 0 aliphatic rings. The first-order valence-electron chi connectivity index (χ1n) is 9.28. The molecule has 0 bridgehead atoms. The van der Waals surface area contributed by atoms with Gasteiger partial charge >= 0.3 is 0 Å². The molecule has 0 spiro atoms. The van der Waals surface area contributed by atoms with Crippen molar-refractivity contribution in [3.05, 3.63) is 71.4 Å². The van der Waals surface area contributed by atoms with E-state index in [-0.39, 0.29) is 5.92 Å². The van der Waals surface area contributed by atoms with Crippen molar-refractivity contribution in [2.75, 3.05) is 13.7 Å². The number of pyridine rings is 1. The molecule has 0 radical (unpaired) electrons. The van der Waals surface area contributed by atoms with Crippen LogP contribution < -0.4 is 4.74 Å². The Morgan fingerprint density at radius 1 is 1.11 bits per heavy atom. The third-order valence-electron chi connectivity index (χ3n) is 4.72. The Balaban J connectivity index is 1.90. The largest absolute Gasteiger partial charge is 0.489 e. The molecule has 0 aliphatic carbocycles. The first-order chi connectivity index (χ1) is 13.1. The standard InChI is InChI=1S/C23H26N2O2/c1-4-18(15-26-3)23(24)21-12-16(2)25-22-13-19(10-11-20(21)22)27-14-17-8-6-5-7-9-17/h5-13,18,24H,4,14-15H2,1-3H3/t18-/m1/s1. The summed E-state index contributed by atoms with van der Waals surface area (Å²) in [7, 11) is 1.68. The predicted molar refractivity (Wildman–Crippen MR) is 110 cm³/mol. The average Bonchev–Trinajstić information content (AvgIpc) is 2.69. The summed E-state index contributed by atoms with van der Waals surface area (Å²) in [5.41, 5.74) is 4.41. The monoisotopic (exact) mass is 362 g/mol. The van der Waals surface area contributed by atoms with Gasteiger partial charge in [-0.3, -0.25) is 4.98 Å². The van der Waals surface area contributed by atoms with Crippen LogP contribution in [0.15, 0.2) is 54.6 Å². The van der Waals surface area contributed by atoms with E-state index < -0.39 is 0 Å². The number of aromatic nitrogens is 1. The van der Waals surface area contributed by atoms with Crippen LogP contribution in [0.25, 0.3) is 10.9 Å². The number of methoxy groups -OCH3 is 1. The highest BCUT2D eigenvalue weighted by Crippen LogP contribution is 2.26. The van der Waals surface area contributed by atoms with Crippen LogP contribution in [0.3, 0.4) is 0 Å². The fraction of sp³-hybridized carbons (Fsp3) is 0.304. The van der Waals surface area contributed by atoms with Gasteiger partial charge in [0.15, 0.2) is 0 Å². The van der Waals surface area contributed by atoms with Crippen molar-refractivity contribution in [2.45, 2.75) is 26.9 Å². The highest BCUT2D eigenvalue weighted by molar-refractivity contribution is 6.10. The van der Waals surface area contributed by atoms with Gasteiger partial charge in [-0.25, -0.2) is 0 Å². The van der Waals surface area contributed by atoms with Crippen LogP contribution in [0.2, 0.25) is 0 Å². The number of hydrogen-bond donors (Lipinski definition) is 1. The van der Waals surface area contributed by atoms with E-state index in [0.717, 1.165) is 39.9 Å². The van der Waals surface area contributed by atoms with Gasteiger partial charge in [-0.15, -0.1) is 0 Å². The molecule has 140 valence electrons. The van der Waals surface area contributed by atoms with Crippen LogP contribution >= 0.6 is 0 Å². The van der Waals surface area contributed by atoms with E-state index in [9.17, 15) is 0 Å². The number of benzene rings is 2. The fourth-order valence-corrected chi connectivity index (χ4v) is 3.22. The maximum Gasteiger partial charge on any atom is 0.122 e. The predicted octanol–water partition coefficient (Wildman–Crippen LogP) is 5.16. The summed E-state index contributed by atoms with van der Waals surface area (Å²) in [5.74, 6) is 0.861. The van der Waals surface area contributed by atoms with Crippen LogP contribution in [0.5, 0.6) is 5.75 Å². The lowest BCUT2D eigenvalue weighted by Gasteiger charge is -2.18. The molecular weight excluding hydrogens is 336 g/mol. The first kappa shape index (κ1) is 19.1. The molecule has 27 heavy (non-hydrogen) atoms. The zero-order chi connectivity index (χ0) is 19.2. The summed E-state index contributed by atoms with van der Waals surface area (Å²) < 4.78 is 11.2. The normalized spacial score (nSPS) is 12.1. The molecule has 0 aliphatic heterocycles. The second-order valence-electron chi connectivity index (χ2n) is 6.74. The van der Waals surface area contributed by atoms with E-state index in [1.807, 2.05) is 61.5 Å². The minimum absolute atomic E-state index is 0.0778. The summed E-state index contributed by atoms with van der Waals surface area (Å²) in [6.07, 6.45) is 0.869. The van der Waals surface area contributed by atoms with Gasteiger partial charge in [-0.05, 0) is 37.1 Å². The number of hydrogen-bond acceptors (Lipinski definition) is 4. The first-order valence-corrected chi connectivity index (χ1v) is 9.28. The third-order valence-corrected chi connectivity index (χ3v) is 4.72. The quantitative estimate of drug-likeness (QED) is 0.563. The number of ether oxygens (including phenoxy) is 2. The Morgan fingerprint density at radius 3 is 2.59 bits per heavy atom. The zero-order valence-corrected chi connectivity index (χ0v) is 16.2. The number of rotatable bonds is 8.